The first-order valence-corrected chi connectivity index (χ1v) is 6.27. The van der Waals surface area contributed by atoms with Gasteiger partial charge >= 0.3 is 0 Å². The molecule has 0 bridgehead atoms. The minimum Gasteiger partial charge on any atom is -0.348 e. The fourth-order valence-corrected chi connectivity index (χ4v) is 2.16. The summed E-state index contributed by atoms with van der Waals surface area (Å²) in [4.78, 5) is 11.9. The van der Waals surface area contributed by atoms with Gasteiger partial charge in [0.1, 0.15) is 0 Å². The molecule has 2 rings (SSSR count). The summed E-state index contributed by atoms with van der Waals surface area (Å²) in [5.74, 6) is 0.121. The van der Waals surface area contributed by atoms with E-state index in [9.17, 15) is 4.79 Å². The van der Waals surface area contributed by atoms with Crippen LogP contribution in [0, 0.1) is 6.92 Å². The van der Waals surface area contributed by atoms with E-state index in [1.54, 1.807) is 0 Å². The van der Waals surface area contributed by atoms with Gasteiger partial charge in [-0.1, -0.05) is 29.8 Å². The van der Waals surface area contributed by atoms with Gasteiger partial charge in [-0.2, -0.15) is 0 Å². The van der Waals surface area contributed by atoms with Gasteiger partial charge in [0.2, 0.25) is 5.91 Å². The first-order chi connectivity index (χ1) is 8.16. The molecule has 0 spiro atoms. The van der Waals surface area contributed by atoms with E-state index < -0.39 is 0 Å². The summed E-state index contributed by atoms with van der Waals surface area (Å²) in [6.07, 6.45) is 2.05. The molecule has 1 amide bonds. The molecule has 0 aliphatic carbocycles. The molecule has 1 saturated heterocycles. The van der Waals surface area contributed by atoms with Gasteiger partial charge in [0, 0.05) is 0 Å². The van der Waals surface area contributed by atoms with Crippen molar-refractivity contribution in [2.24, 2.45) is 0 Å². The van der Waals surface area contributed by atoms with Crippen LogP contribution in [0.1, 0.15) is 36.9 Å². The first-order valence-electron chi connectivity index (χ1n) is 6.27. The highest BCUT2D eigenvalue weighted by molar-refractivity contribution is 5.82. The lowest BCUT2D eigenvalue weighted by Crippen LogP contribution is -2.41. The Balaban J connectivity index is 1.93. The van der Waals surface area contributed by atoms with Gasteiger partial charge in [0.25, 0.3) is 0 Å². The number of rotatable bonds is 3. The van der Waals surface area contributed by atoms with Crippen molar-refractivity contribution >= 4 is 5.91 Å². The Hall–Kier alpha value is -1.35. The molecule has 0 aromatic heterocycles. The fraction of sp³-hybridized carbons (Fsp3) is 0.500. The molecule has 3 heteroatoms. The zero-order valence-corrected chi connectivity index (χ0v) is 10.5. The minimum atomic E-state index is 0.00268. The zero-order valence-electron chi connectivity index (χ0n) is 10.5. The van der Waals surface area contributed by atoms with E-state index in [-0.39, 0.29) is 18.0 Å². The van der Waals surface area contributed by atoms with Crippen molar-refractivity contribution in [3.05, 3.63) is 35.4 Å². The van der Waals surface area contributed by atoms with E-state index in [4.69, 9.17) is 0 Å². The quantitative estimate of drug-likeness (QED) is 0.836. The monoisotopic (exact) mass is 232 g/mol. The molecule has 0 radical (unpaired) electrons. The summed E-state index contributed by atoms with van der Waals surface area (Å²) >= 11 is 0. The minimum absolute atomic E-state index is 0.00268. The van der Waals surface area contributed by atoms with E-state index in [2.05, 4.69) is 41.8 Å². The lowest BCUT2D eigenvalue weighted by molar-refractivity contribution is -0.123. The third-order valence-electron chi connectivity index (χ3n) is 3.31. The number of aryl methyl sites for hydroxylation is 1. The van der Waals surface area contributed by atoms with Crippen LogP contribution in [0.2, 0.25) is 0 Å². The predicted molar refractivity (Wildman–Crippen MR) is 68.8 cm³/mol. The van der Waals surface area contributed by atoms with Gasteiger partial charge in [-0.3, -0.25) is 4.79 Å². The van der Waals surface area contributed by atoms with Gasteiger partial charge in [-0.05, 0) is 38.8 Å². The molecule has 2 atom stereocenters. The predicted octanol–water partition coefficient (Wildman–Crippen LogP) is 1.92. The Kier molecular flexibility index (Phi) is 3.79. The van der Waals surface area contributed by atoms with Crippen LogP contribution >= 0.6 is 0 Å². The van der Waals surface area contributed by atoms with E-state index in [0.717, 1.165) is 24.9 Å². The molecule has 92 valence electrons. The summed E-state index contributed by atoms with van der Waals surface area (Å²) in [5, 5.41) is 6.27. The van der Waals surface area contributed by atoms with Gasteiger partial charge in [-0.15, -0.1) is 0 Å². The van der Waals surface area contributed by atoms with E-state index >= 15 is 0 Å². The van der Waals surface area contributed by atoms with Gasteiger partial charge < -0.3 is 10.6 Å². The summed E-state index contributed by atoms with van der Waals surface area (Å²) in [7, 11) is 0. The number of carbonyl (C=O) groups is 1. The standard InChI is InChI=1S/C14H20N2O/c1-10-5-7-12(8-6-10)11(2)16-14(17)13-4-3-9-15-13/h5-8,11,13,15H,3-4,9H2,1-2H3,(H,16,17)/t11-,13-/m0/s1. The third-order valence-corrected chi connectivity index (χ3v) is 3.31. The molecular weight excluding hydrogens is 212 g/mol. The number of amides is 1. The second-order valence-electron chi connectivity index (χ2n) is 4.79. The molecule has 17 heavy (non-hydrogen) atoms. The van der Waals surface area contributed by atoms with Gasteiger partial charge in [0.05, 0.1) is 12.1 Å². The summed E-state index contributed by atoms with van der Waals surface area (Å²) in [5.41, 5.74) is 2.40. The molecule has 1 aromatic carbocycles. The smallest absolute Gasteiger partial charge is 0.237 e. The molecule has 2 N–H and O–H groups in total. The molecule has 0 unspecified atom stereocenters. The second-order valence-corrected chi connectivity index (χ2v) is 4.79. The maximum atomic E-state index is 11.9. The molecule has 1 heterocycles. The number of benzene rings is 1. The van der Waals surface area contributed by atoms with Crippen LogP contribution in [0.4, 0.5) is 0 Å². The Labute approximate surface area is 103 Å². The molecule has 0 saturated carbocycles. The molecule has 1 fully saturated rings. The average molecular weight is 232 g/mol. The fourth-order valence-electron chi connectivity index (χ4n) is 2.16. The molecular formula is C14H20N2O. The number of hydrogen-bond acceptors (Lipinski definition) is 2. The van der Waals surface area contributed by atoms with Crippen LogP contribution in [-0.4, -0.2) is 18.5 Å². The average Bonchev–Trinajstić information content (AvgIpc) is 2.83. The summed E-state index contributed by atoms with van der Waals surface area (Å²) in [6.45, 7) is 5.05. The highest BCUT2D eigenvalue weighted by atomic mass is 16.2. The first kappa shape index (κ1) is 12.1. The normalized spacial score (nSPS) is 21.2. The summed E-state index contributed by atoms with van der Waals surface area (Å²) in [6, 6.07) is 8.37. The van der Waals surface area contributed by atoms with Crippen LogP contribution in [-0.2, 0) is 4.79 Å². The van der Waals surface area contributed by atoms with Crippen LogP contribution in [0.3, 0.4) is 0 Å². The van der Waals surface area contributed by atoms with Gasteiger partial charge in [0.15, 0.2) is 0 Å². The van der Waals surface area contributed by atoms with Crippen molar-refractivity contribution in [2.75, 3.05) is 6.54 Å². The van der Waals surface area contributed by atoms with E-state index in [1.165, 1.54) is 5.56 Å². The number of nitrogens with one attached hydrogen (secondary N) is 2. The Bertz CT molecular complexity index is 380. The largest absolute Gasteiger partial charge is 0.348 e. The highest BCUT2D eigenvalue weighted by Crippen LogP contribution is 2.14. The van der Waals surface area contributed by atoms with Crippen LogP contribution in [0.15, 0.2) is 24.3 Å². The van der Waals surface area contributed by atoms with Crippen molar-refractivity contribution in [3.8, 4) is 0 Å². The van der Waals surface area contributed by atoms with Crippen LogP contribution < -0.4 is 10.6 Å². The van der Waals surface area contributed by atoms with Crippen molar-refractivity contribution in [2.45, 2.75) is 38.8 Å². The van der Waals surface area contributed by atoms with Crippen molar-refractivity contribution in [1.29, 1.82) is 0 Å². The molecule has 1 aromatic rings. The van der Waals surface area contributed by atoms with Crippen molar-refractivity contribution in [3.63, 3.8) is 0 Å². The SMILES string of the molecule is Cc1ccc([C@H](C)NC(=O)[C@@H]2CCCN2)cc1. The number of hydrogen-bond donors (Lipinski definition) is 2. The Morgan fingerprint density at radius 2 is 2.12 bits per heavy atom. The zero-order chi connectivity index (χ0) is 12.3. The molecule has 1 aliphatic heterocycles. The van der Waals surface area contributed by atoms with E-state index in [1.807, 2.05) is 6.92 Å². The lowest BCUT2D eigenvalue weighted by Gasteiger charge is -2.17. The van der Waals surface area contributed by atoms with Crippen LogP contribution in [0.25, 0.3) is 0 Å². The third kappa shape index (κ3) is 3.07. The van der Waals surface area contributed by atoms with E-state index in [0.29, 0.717) is 0 Å². The summed E-state index contributed by atoms with van der Waals surface area (Å²) < 4.78 is 0. The Morgan fingerprint density at radius 1 is 1.41 bits per heavy atom. The van der Waals surface area contributed by atoms with Crippen LogP contribution in [0.5, 0.6) is 0 Å². The number of carbonyl (C=O) groups excluding carboxylic acids is 1. The van der Waals surface area contributed by atoms with Crippen molar-refractivity contribution in [1.82, 2.24) is 10.6 Å². The van der Waals surface area contributed by atoms with Gasteiger partial charge in [-0.25, -0.2) is 0 Å². The maximum Gasteiger partial charge on any atom is 0.237 e. The highest BCUT2D eigenvalue weighted by Gasteiger charge is 2.23. The molecule has 1 aliphatic rings. The maximum absolute atomic E-state index is 11.9. The van der Waals surface area contributed by atoms with Crippen molar-refractivity contribution < 1.29 is 4.79 Å². The topological polar surface area (TPSA) is 41.1 Å². The Morgan fingerprint density at radius 3 is 2.71 bits per heavy atom. The second kappa shape index (κ2) is 5.32. The lowest BCUT2D eigenvalue weighted by atomic mass is 10.1. The molecule has 3 nitrogen and oxygen atoms in total.